The number of carbonyl (C=O) groups is 1. The highest BCUT2D eigenvalue weighted by molar-refractivity contribution is 9.11. The Morgan fingerprint density at radius 3 is 2.29 bits per heavy atom. The first-order valence-electron chi connectivity index (χ1n) is 5.99. The summed E-state index contributed by atoms with van der Waals surface area (Å²) in [5.41, 5.74) is 7.29. The van der Waals surface area contributed by atoms with Crippen LogP contribution in [-0.2, 0) is 0 Å². The first-order valence-corrected chi connectivity index (χ1v) is 7.58. The van der Waals surface area contributed by atoms with E-state index in [4.69, 9.17) is 15.2 Å². The summed E-state index contributed by atoms with van der Waals surface area (Å²) in [6.45, 7) is 0. The molecule has 0 heterocycles. The second kappa shape index (κ2) is 6.49. The highest BCUT2D eigenvalue weighted by Gasteiger charge is 2.19. The number of benzene rings is 2. The molecule has 21 heavy (non-hydrogen) atoms. The zero-order valence-corrected chi connectivity index (χ0v) is 14.6. The maximum absolute atomic E-state index is 12.7. The van der Waals surface area contributed by atoms with E-state index in [0.29, 0.717) is 37.3 Å². The molecule has 0 aromatic heterocycles. The summed E-state index contributed by atoms with van der Waals surface area (Å²) in [5.74, 6) is 0.874. The largest absolute Gasteiger partial charge is 0.493 e. The molecular formula is C15H13Br2NO3. The lowest BCUT2D eigenvalue weighted by Gasteiger charge is -2.12. The molecule has 0 unspecified atom stereocenters. The van der Waals surface area contributed by atoms with E-state index in [-0.39, 0.29) is 5.78 Å². The molecule has 0 saturated carbocycles. The molecule has 0 fully saturated rings. The topological polar surface area (TPSA) is 61.5 Å². The van der Waals surface area contributed by atoms with Gasteiger partial charge in [-0.15, -0.1) is 0 Å². The number of halogens is 2. The van der Waals surface area contributed by atoms with Crippen LogP contribution in [0.3, 0.4) is 0 Å². The van der Waals surface area contributed by atoms with E-state index >= 15 is 0 Å². The van der Waals surface area contributed by atoms with Crippen LogP contribution in [0.2, 0.25) is 0 Å². The first-order chi connectivity index (χ1) is 9.99. The van der Waals surface area contributed by atoms with Crippen LogP contribution < -0.4 is 15.2 Å². The van der Waals surface area contributed by atoms with Gasteiger partial charge in [-0.25, -0.2) is 0 Å². The van der Waals surface area contributed by atoms with Crippen molar-refractivity contribution >= 4 is 43.3 Å². The molecule has 0 amide bonds. The van der Waals surface area contributed by atoms with Crippen molar-refractivity contribution < 1.29 is 14.3 Å². The third-order valence-corrected chi connectivity index (χ3v) is 4.53. The highest BCUT2D eigenvalue weighted by atomic mass is 79.9. The van der Waals surface area contributed by atoms with E-state index < -0.39 is 0 Å². The van der Waals surface area contributed by atoms with Crippen LogP contribution in [0.5, 0.6) is 11.5 Å². The van der Waals surface area contributed by atoms with Gasteiger partial charge in [-0.05, 0) is 56.1 Å². The third-order valence-electron chi connectivity index (χ3n) is 2.99. The van der Waals surface area contributed by atoms with Crippen molar-refractivity contribution in [1.29, 1.82) is 0 Å². The van der Waals surface area contributed by atoms with E-state index in [9.17, 15) is 4.79 Å². The summed E-state index contributed by atoms with van der Waals surface area (Å²) in [6.07, 6.45) is 0. The van der Waals surface area contributed by atoms with Gasteiger partial charge in [0.1, 0.15) is 0 Å². The van der Waals surface area contributed by atoms with Crippen molar-refractivity contribution in [3.05, 3.63) is 50.4 Å². The van der Waals surface area contributed by atoms with E-state index in [2.05, 4.69) is 31.9 Å². The number of rotatable bonds is 4. The number of ketones is 1. The van der Waals surface area contributed by atoms with Gasteiger partial charge in [0.2, 0.25) is 0 Å². The lowest BCUT2D eigenvalue weighted by atomic mass is 10.0. The Bertz CT molecular complexity index is 702. The van der Waals surface area contributed by atoms with E-state index in [1.807, 2.05) is 0 Å². The number of hydrogen-bond acceptors (Lipinski definition) is 4. The summed E-state index contributed by atoms with van der Waals surface area (Å²) >= 11 is 6.74. The standard InChI is InChI=1S/C15H13Br2NO3/c1-20-12-6-9(10(16)7-13(12)21-2)15(19)8-4-3-5-11(18)14(8)17/h3-7H,18H2,1-2H3. The van der Waals surface area contributed by atoms with Crippen LogP contribution in [0.4, 0.5) is 5.69 Å². The van der Waals surface area contributed by atoms with Crippen LogP contribution in [0.25, 0.3) is 0 Å². The molecule has 0 bridgehead atoms. The molecule has 0 radical (unpaired) electrons. The second-order valence-electron chi connectivity index (χ2n) is 4.22. The van der Waals surface area contributed by atoms with Crippen molar-refractivity contribution in [2.45, 2.75) is 0 Å². The monoisotopic (exact) mass is 413 g/mol. The normalized spacial score (nSPS) is 10.3. The summed E-state index contributed by atoms with van der Waals surface area (Å²) in [5, 5.41) is 0. The van der Waals surface area contributed by atoms with E-state index in [1.54, 1.807) is 37.4 Å². The van der Waals surface area contributed by atoms with Gasteiger partial charge in [0, 0.05) is 21.3 Å². The molecule has 6 heteroatoms. The van der Waals surface area contributed by atoms with Gasteiger partial charge in [-0.2, -0.15) is 0 Å². The lowest BCUT2D eigenvalue weighted by molar-refractivity contribution is 0.103. The van der Waals surface area contributed by atoms with Crippen molar-refractivity contribution in [3.63, 3.8) is 0 Å². The third kappa shape index (κ3) is 3.06. The minimum Gasteiger partial charge on any atom is -0.493 e. The number of nitrogen functional groups attached to an aromatic ring is 1. The van der Waals surface area contributed by atoms with Crippen molar-refractivity contribution in [2.24, 2.45) is 0 Å². The predicted molar refractivity (Wildman–Crippen MR) is 89.2 cm³/mol. The van der Waals surface area contributed by atoms with Gasteiger partial charge in [-0.1, -0.05) is 6.07 Å². The van der Waals surface area contributed by atoms with Gasteiger partial charge in [0.05, 0.1) is 18.7 Å². The number of anilines is 1. The van der Waals surface area contributed by atoms with Crippen LogP contribution in [0.1, 0.15) is 15.9 Å². The minimum atomic E-state index is -0.165. The van der Waals surface area contributed by atoms with Crippen molar-refractivity contribution in [1.82, 2.24) is 0 Å². The molecule has 2 aromatic rings. The fraction of sp³-hybridized carbons (Fsp3) is 0.133. The predicted octanol–water partition coefficient (Wildman–Crippen LogP) is 4.04. The molecule has 0 spiro atoms. The SMILES string of the molecule is COc1cc(Br)c(C(=O)c2cccc(N)c2Br)cc1OC. The van der Waals surface area contributed by atoms with Gasteiger partial charge in [0.25, 0.3) is 0 Å². The number of ether oxygens (including phenoxy) is 2. The van der Waals surface area contributed by atoms with E-state index in [1.165, 1.54) is 7.11 Å². The molecule has 0 aliphatic heterocycles. The minimum absolute atomic E-state index is 0.165. The van der Waals surface area contributed by atoms with Crippen molar-refractivity contribution in [3.8, 4) is 11.5 Å². The Kier molecular flexibility index (Phi) is 4.90. The Morgan fingerprint density at radius 1 is 1.05 bits per heavy atom. The fourth-order valence-corrected chi connectivity index (χ4v) is 2.85. The summed E-state index contributed by atoms with van der Waals surface area (Å²) in [4.78, 5) is 12.7. The molecular weight excluding hydrogens is 402 g/mol. The number of hydrogen-bond donors (Lipinski definition) is 1. The molecule has 110 valence electrons. The van der Waals surface area contributed by atoms with Gasteiger partial charge in [-0.3, -0.25) is 4.79 Å². The molecule has 0 aliphatic carbocycles. The average molecular weight is 415 g/mol. The maximum atomic E-state index is 12.7. The molecule has 0 saturated heterocycles. The number of methoxy groups -OCH3 is 2. The average Bonchev–Trinajstić information content (AvgIpc) is 2.49. The van der Waals surface area contributed by atoms with E-state index in [0.717, 1.165) is 0 Å². The van der Waals surface area contributed by atoms with Gasteiger partial charge < -0.3 is 15.2 Å². The van der Waals surface area contributed by atoms with Gasteiger partial charge >= 0.3 is 0 Å². The lowest BCUT2D eigenvalue weighted by Crippen LogP contribution is -2.06. The number of carbonyl (C=O) groups excluding carboxylic acids is 1. The molecule has 2 rings (SSSR count). The molecule has 2 N–H and O–H groups in total. The quantitative estimate of drug-likeness (QED) is 0.605. The summed E-state index contributed by atoms with van der Waals surface area (Å²) in [6, 6.07) is 8.52. The maximum Gasteiger partial charge on any atom is 0.195 e. The smallest absolute Gasteiger partial charge is 0.195 e. The Hall–Kier alpha value is -1.53. The van der Waals surface area contributed by atoms with Crippen LogP contribution in [0.15, 0.2) is 39.3 Å². The molecule has 2 aromatic carbocycles. The Morgan fingerprint density at radius 2 is 1.67 bits per heavy atom. The zero-order chi connectivity index (χ0) is 15.6. The summed E-state index contributed by atoms with van der Waals surface area (Å²) in [7, 11) is 3.07. The molecule has 0 atom stereocenters. The molecule has 0 aliphatic rings. The van der Waals surface area contributed by atoms with Crippen LogP contribution in [0, 0.1) is 0 Å². The van der Waals surface area contributed by atoms with Crippen molar-refractivity contribution in [2.75, 3.05) is 20.0 Å². The zero-order valence-electron chi connectivity index (χ0n) is 11.4. The second-order valence-corrected chi connectivity index (χ2v) is 5.87. The van der Waals surface area contributed by atoms with Gasteiger partial charge in [0.15, 0.2) is 17.3 Å². The highest BCUT2D eigenvalue weighted by Crippen LogP contribution is 2.35. The first kappa shape index (κ1) is 15.9. The van der Waals surface area contributed by atoms with Crippen LogP contribution in [-0.4, -0.2) is 20.0 Å². The Labute approximate surface area is 139 Å². The van der Waals surface area contributed by atoms with Crippen LogP contribution >= 0.6 is 31.9 Å². The fourth-order valence-electron chi connectivity index (χ4n) is 1.90. The summed E-state index contributed by atoms with van der Waals surface area (Å²) < 4.78 is 11.6. The Balaban J connectivity index is 2.56. The number of nitrogens with two attached hydrogens (primary N) is 1. The molecule has 4 nitrogen and oxygen atoms in total.